The van der Waals surface area contributed by atoms with Gasteiger partial charge in [0, 0.05) is 0 Å². The number of hydrogen-bond acceptors (Lipinski definition) is 4. The first-order valence-corrected chi connectivity index (χ1v) is 6.48. The van der Waals surface area contributed by atoms with Gasteiger partial charge in [0.2, 0.25) is 5.71 Å². The number of fused-ring (bicyclic) bond motifs is 1. The maximum absolute atomic E-state index is 12.4. The van der Waals surface area contributed by atoms with Gasteiger partial charge in [-0.25, -0.2) is 4.98 Å². The van der Waals surface area contributed by atoms with Crippen molar-refractivity contribution in [3.8, 4) is 0 Å². The van der Waals surface area contributed by atoms with Crippen molar-refractivity contribution in [1.29, 1.82) is 0 Å². The second-order valence-corrected chi connectivity index (χ2v) is 4.79. The van der Waals surface area contributed by atoms with Crippen LogP contribution in [0.25, 0.3) is 11.1 Å². The minimum Gasteiger partial charge on any atom is -0.442 e. The number of H-pyrrole nitrogens is 1. The molecular weight excluding hydrogens is 294 g/mol. The van der Waals surface area contributed by atoms with Crippen molar-refractivity contribution >= 4 is 34.3 Å². The molecule has 2 aromatic heterocycles. The molecule has 0 aliphatic carbocycles. The predicted molar refractivity (Wildman–Crippen MR) is 78.8 cm³/mol. The van der Waals surface area contributed by atoms with Crippen molar-refractivity contribution in [2.45, 2.75) is 6.92 Å². The van der Waals surface area contributed by atoms with E-state index >= 15 is 0 Å². The SMILES string of the molecule is Cc1oc2nc[nH]c(=O)c2c1C(=O)Nc1ccccc1Cl. The van der Waals surface area contributed by atoms with Gasteiger partial charge in [0.25, 0.3) is 11.5 Å². The Kier molecular flexibility index (Phi) is 3.23. The fourth-order valence-electron chi connectivity index (χ4n) is 2.07. The molecule has 21 heavy (non-hydrogen) atoms. The molecule has 0 bridgehead atoms. The zero-order chi connectivity index (χ0) is 15.0. The summed E-state index contributed by atoms with van der Waals surface area (Å²) in [6.07, 6.45) is 1.23. The molecule has 3 rings (SSSR count). The van der Waals surface area contributed by atoms with Crippen molar-refractivity contribution < 1.29 is 9.21 Å². The largest absolute Gasteiger partial charge is 0.442 e. The third-order valence-electron chi connectivity index (χ3n) is 3.02. The molecule has 0 radical (unpaired) electrons. The zero-order valence-electron chi connectivity index (χ0n) is 10.9. The van der Waals surface area contributed by atoms with Crippen molar-refractivity contribution in [3.63, 3.8) is 0 Å². The smallest absolute Gasteiger partial charge is 0.262 e. The second-order valence-electron chi connectivity index (χ2n) is 4.38. The Labute approximate surface area is 123 Å². The molecule has 0 atom stereocenters. The molecule has 0 saturated heterocycles. The minimum absolute atomic E-state index is 0.125. The maximum atomic E-state index is 12.4. The number of furan rings is 1. The summed E-state index contributed by atoms with van der Waals surface area (Å²) in [5.41, 5.74) is 0.305. The van der Waals surface area contributed by atoms with Gasteiger partial charge in [0.1, 0.15) is 11.1 Å². The Morgan fingerprint density at radius 3 is 2.90 bits per heavy atom. The molecule has 0 spiro atoms. The van der Waals surface area contributed by atoms with E-state index in [9.17, 15) is 9.59 Å². The lowest BCUT2D eigenvalue weighted by Gasteiger charge is -2.06. The van der Waals surface area contributed by atoms with E-state index in [4.69, 9.17) is 16.0 Å². The van der Waals surface area contributed by atoms with Gasteiger partial charge in [-0.2, -0.15) is 0 Å². The number of nitrogens with one attached hydrogen (secondary N) is 2. The highest BCUT2D eigenvalue weighted by Gasteiger charge is 2.22. The van der Waals surface area contributed by atoms with Crippen molar-refractivity contribution in [2.75, 3.05) is 5.32 Å². The van der Waals surface area contributed by atoms with Gasteiger partial charge in [0.05, 0.1) is 22.6 Å². The lowest BCUT2D eigenvalue weighted by Crippen LogP contribution is -2.16. The third-order valence-corrected chi connectivity index (χ3v) is 3.35. The molecule has 6 nitrogen and oxygen atoms in total. The lowest BCUT2D eigenvalue weighted by atomic mass is 10.1. The summed E-state index contributed by atoms with van der Waals surface area (Å²) in [7, 11) is 0. The van der Waals surface area contributed by atoms with Gasteiger partial charge < -0.3 is 14.7 Å². The van der Waals surface area contributed by atoms with E-state index in [-0.39, 0.29) is 16.7 Å². The van der Waals surface area contributed by atoms with E-state index in [0.29, 0.717) is 16.5 Å². The van der Waals surface area contributed by atoms with Crippen LogP contribution in [0, 0.1) is 6.92 Å². The van der Waals surface area contributed by atoms with Crippen LogP contribution in [0.3, 0.4) is 0 Å². The molecule has 2 heterocycles. The normalized spacial score (nSPS) is 10.8. The number of amides is 1. The number of aromatic amines is 1. The summed E-state index contributed by atoms with van der Waals surface area (Å²) in [5, 5.41) is 3.19. The lowest BCUT2D eigenvalue weighted by molar-refractivity contribution is 0.102. The molecule has 3 aromatic rings. The van der Waals surface area contributed by atoms with Crippen molar-refractivity contribution in [1.82, 2.24) is 9.97 Å². The molecule has 0 fully saturated rings. The van der Waals surface area contributed by atoms with Gasteiger partial charge in [0.15, 0.2) is 0 Å². The molecule has 1 amide bonds. The van der Waals surface area contributed by atoms with Gasteiger partial charge in [-0.3, -0.25) is 9.59 Å². The number of aryl methyl sites for hydroxylation is 1. The van der Waals surface area contributed by atoms with Crippen LogP contribution in [0.4, 0.5) is 5.69 Å². The fourth-order valence-corrected chi connectivity index (χ4v) is 2.26. The minimum atomic E-state index is -0.474. The summed E-state index contributed by atoms with van der Waals surface area (Å²) >= 11 is 6.00. The Hall–Kier alpha value is -2.60. The van der Waals surface area contributed by atoms with E-state index in [1.54, 1.807) is 31.2 Å². The topological polar surface area (TPSA) is 88.0 Å². The van der Waals surface area contributed by atoms with Crippen LogP contribution in [0.1, 0.15) is 16.1 Å². The first-order valence-electron chi connectivity index (χ1n) is 6.10. The molecule has 1 aromatic carbocycles. The Morgan fingerprint density at radius 2 is 2.14 bits per heavy atom. The number of nitrogens with zero attached hydrogens (tertiary/aromatic N) is 1. The summed E-state index contributed by atoms with van der Waals surface area (Å²) in [6, 6.07) is 6.83. The second kappa shape index (κ2) is 5.06. The number of halogens is 1. The summed E-state index contributed by atoms with van der Waals surface area (Å²) < 4.78 is 5.34. The van der Waals surface area contributed by atoms with Gasteiger partial charge in [-0.15, -0.1) is 0 Å². The predicted octanol–water partition coefficient (Wildman–Crippen LogP) is 2.73. The number of rotatable bonds is 2. The molecule has 0 saturated carbocycles. The van der Waals surface area contributed by atoms with Crippen molar-refractivity contribution in [2.24, 2.45) is 0 Å². The average Bonchev–Trinajstić information content (AvgIpc) is 2.79. The highest BCUT2D eigenvalue weighted by atomic mass is 35.5. The highest BCUT2D eigenvalue weighted by molar-refractivity contribution is 6.34. The van der Waals surface area contributed by atoms with Crippen molar-refractivity contribution in [3.05, 3.63) is 57.3 Å². The fraction of sp³-hybridized carbons (Fsp3) is 0.0714. The van der Waals surface area contributed by atoms with Gasteiger partial charge >= 0.3 is 0 Å². The van der Waals surface area contributed by atoms with Crippen LogP contribution in [-0.2, 0) is 0 Å². The number of carbonyl (C=O) groups is 1. The van der Waals surface area contributed by atoms with E-state index in [1.807, 2.05) is 0 Å². The third kappa shape index (κ3) is 2.30. The Bertz CT molecular complexity index is 898. The number of hydrogen-bond donors (Lipinski definition) is 2. The quantitative estimate of drug-likeness (QED) is 0.762. The van der Waals surface area contributed by atoms with Crippen LogP contribution < -0.4 is 10.9 Å². The van der Waals surface area contributed by atoms with E-state index in [1.165, 1.54) is 6.33 Å². The van der Waals surface area contributed by atoms with Gasteiger partial charge in [-0.05, 0) is 19.1 Å². The van der Waals surface area contributed by atoms with Crippen LogP contribution in [0.15, 0.2) is 39.8 Å². The summed E-state index contributed by atoms with van der Waals surface area (Å²) in [6.45, 7) is 1.60. The zero-order valence-corrected chi connectivity index (χ0v) is 11.7. The van der Waals surface area contributed by atoms with Crippen LogP contribution in [0.5, 0.6) is 0 Å². The molecule has 7 heteroatoms. The first-order chi connectivity index (χ1) is 10.1. The molecule has 0 aliphatic heterocycles. The van der Waals surface area contributed by atoms with E-state index in [0.717, 1.165) is 0 Å². The summed E-state index contributed by atoms with van der Waals surface area (Å²) in [5.74, 6) is -0.156. The van der Waals surface area contributed by atoms with E-state index in [2.05, 4.69) is 15.3 Å². The number of carbonyl (C=O) groups excluding carboxylic acids is 1. The van der Waals surface area contributed by atoms with Crippen LogP contribution >= 0.6 is 11.6 Å². The standard InChI is InChI=1S/C14H10ClN3O3/c1-7-10(11-12(19)16-6-17-14(11)21-7)13(20)18-9-5-3-2-4-8(9)15/h2-6H,1H3,(H,18,20)(H,16,17,19). The molecule has 0 unspecified atom stereocenters. The van der Waals surface area contributed by atoms with Crippen LogP contribution in [0.2, 0.25) is 5.02 Å². The monoisotopic (exact) mass is 303 g/mol. The number of para-hydroxylation sites is 1. The molecule has 106 valence electrons. The first kappa shape index (κ1) is 13.4. The maximum Gasteiger partial charge on any atom is 0.262 e. The molecule has 2 N–H and O–H groups in total. The summed E-state index contributed by atoms with van der Waals surface area (Å²) in [4.78, 5) is 30.6. The number of benzene rings is 1. The van der Waals surface area contributed by atoms with Crippen LogP contribution in [-0.4, -0.2) is 15.9 Å². The Morgan fingerprint density at radius 1 is 1.38 bits per heavy atom. The Balaban J connectivity index is 2.09. The number of aromatic nitrogens is 2. The average molecular weight is 304 g/mol. The molecular formula is C14H10ClN3O3. The molecule has 0 aliphatic rings. The number of anilines is 1. The highest BCUT2D eigenvalue weighted by Crippen LogP contribution is 2.24. The van der Waals surface area contributed by atoms with Gasteiger partial charge in [-0.1, -0.05) is 23.7 Å². The van der Waals surface area contributed by atoms with E-state index < -0.39 is 11.5 Å².